The third-order valence-corrected chi connectivity index (χ3v) is 3.66. The molecule has 106 valence electrons. The van der Waals surface area contributed by atoms with E-state index >= 15 is 0 Å². The Hall–Kier alpha value is -1.51. The second kappa shape index (κ2) is 7.32. The summed E-state index contributed by atoms with van der Waals surface area (Å²) in [5.41, 5.74) is 2.58. The van der Waals surface area contributed by atoms with Gasteiger partial charge in [0.05, 0.1) is 7.11 Å². The van der Waals surface area contributed by atoms with Gasteiger partial charge in [-0.15, -0.1) is 0 Å². The molecule has 0 bridgehead atoms. The van der Waals surface area contributed by atoms with Crippen molar-refractivity contribution in [2.24, 2.45) is 0 Å². The van der Waals surface area contributed by atoms with Crippen LogP contribution in [0.2, 0.25) is 5.02 Å². The Balaban J connectivity index is 2.18. The van der Waals surface area contributed by atoms with Crippen molar-refractivity contribution in [2.75, 3.05) is 20.7 Å². The van der Waals surface area contributed by atoms with E-state index in [1.165, 1.54) is 11.1 Å². The van der Waals surface area contributed by atoms with Crippen LogP contribution in [0, 0.1) is 0 Å². The SMILES string of the molecule is CNCC(Cc1cccc(OC)c1)c1ccc(Cl)cc1. The van der Waals surface area contributed by atoms with Gasteiger partial charge in [-0.05, 0) is 48.9 Å². The summed E-state index contributed by atoms with van der Waals surface area (Å²) in [7, 11) is 3.68. The normalized spacial score (nSPS) is 12.2. The molecular formula is C17H20ClNO. The fraction of sp³-hybridized carbons (Fsp3) is 0.294. The number of halogens is 1. The lowest BCUT2D eigenvalue weighted by Gasteiger charge is -2.17. The molecule has 0 saturated carbocycles. The van der Waals surface area contributed by atoms with Crippen molar-refractivity contribution in [3.63, 3.8) is 0 Å². The summed E-state index contributed by atoms with van der Waals surface area (Å²) in [5.74, 6) is 1.33. The summed E-state index contributed by atoms with van der Waals surface area (Å²) < 4.78 is 5.28. The molecule has 2 aromatic rings. The van der Waals surface area contributed by atoms with Gasteiger partial charge in [0.25, 0.3) is 0 Å². The minimum absolute atomic E-state index is 0.421. The molecular weight excluding hydrogens is 270 g/mol. The van der Waals surface area contributed by atoms with Crippen LogP contribution in [-0.2, 0) is 6.42 Å². The van der Waals surface area contributed by atoms with Gasteiger partial charge in [0, 0.05) is 17.5 Å². The monoisotopic (exact) mass is 289 g/mol. The van der Waals surface area contributed by atoms with E-state index in [9.17, 15) is 0 Å². The van der Waals surface area contributed by atoms with Gasteiger partial charge in [-0.1, -0.05) is 35.9 Å². The van der Waals surface area contributed by atoms with E-state index in [2.05, 4.69) is 29.6 Å². The number of hydrogen-bond acceptors (Lipinski definition) is 2. The van der Waals surface area contributed by atoms with E-state index in [4.69, 9.17) is 16.3 Å². The minimum atomic E-state index is 0.421. The highest BCUT2D eigenvalue weighted by molar-refractivity contribution is 6.30. The van der Waals surface area contributed by atoms with E-state index < -0.39 is 0 Å². The van der Waals surface area contributed by atoms with Crippen molar-refractivity contribution >= 4 is 11.6 Å². The molecule has 0 aliphatic carbocycles. The molecule has 3 heteroatoms. The molecule has 0 aliphatic rings. The third-order valence-electron chi connectivity index (χ3n) is 3.41. The van der Waals surface area contributed by atoms with Crippen LogP contribution < -0.4 is 10.1 Å². The van der Waals surface area contributed by atoms with Gasteiger partial charge in [0.15, 0.2) is 0 Å². The van der Waals surface area contributed by atoms with Gasteiger partial charge >= 0.3 is 0 Å². The first-order valence-electron chi connectivity index (χ1n) is 6.76. The highest BCUT2D eigenvalue weighted by Crippen LogP contribution is 2.24. The van der Waals surface area contributed by atoms with E-state index in [0.29, 0.717) is 5.92 Å². The van der Waals surface area contributed by atoms with Crippen molar-refractivity contribution in [1.82, 2.24) is 5.32 Å². The summed E-state index contributed by atoms with van der Waals surface area (Å²) in [6.07, 6.45) is 0.972. The molecule has 0 spiro atoms. The Labute approximate surface area is 125 Å². The van der Waals surface area contributed by atoms with Crippen LogP contribution in [0.3, 0.4) is 0 Å². The van der Waals surface area contributed by atoms with Crippen molar-refractivity contribution in [1.29, 1.82) is 0 Å². The van der Waals surface area contributed by atoms with Crippen LogP contribution in [0.5, 0.6) is 5.75 Å². The number of nitrogens with one attached hydrogen (secondary N) is 1. The van der Waals surface area contributed by atoms with Crippen LogP contribution in [0.4, 0.5) is 0 Å². The second-order valence-corrected chi connectivity index (χ2v) is 5.30. The molecule has 1 N–H and O–H groups in total. The second-order valence-electron chi connectivity index (χ2n) is 4.86. The lowest BCUT2D eigenvalue weighted by Crippen LogP contribution is -2.19. The number of benzene rings is 2. The van der Waals surface area contributed by atoms with Gasteiger partial charge in [-0.25, -0.2) is 0 Å². The molecule has 0 aromatic heterocycles. The fourth-order valence-corrected chi connectivity index (χ4v) is 2.50. The maximum Gasteiger partial charge on any atom is 0.119 e. The van der Waals surface area contributed by atoms with Crippen LogP contribution in [0.1, 0.15) is 17.0 Å². The van der Waals surface area contributed by atoms with Gasteiger partial charge in [0.1, 0.15) is 5.75 Å². The molecule has 0 radical (unpaired) electrons. The lowest BCUT2D eigenvalue weighted by atomic mass is 9.92. The molecule has 0 aliphatic heterocycles. The molecule has 0 heterocycles. The maximum atomic E-state index is 5.96. The average molecular weight is 290 g/mol. The van der Waals surface area contributed by atoms with Gasteiger partial charge in [-0.3, -0.25) is 0 Å². The Bertz CT molecular complexity index is 539. The van der Waals surface area contributed by atoms with E-state index in [1.54, 1.807) is 7.11 Å². The van der Waals surface area contributed by atoms with Crippen LogP contribution in [-0.4, -0.2) is 20.7 Å². The number of hydrogen-bond donors (Lipinski definition) is 1. The first kappa shape index (κ1) is 14.9. The lowest BCUT2D eigenvalue weighted by molar-refractivity contribution is 0.414. The molecule has 1 unspecified atom stereocenters. The predicted octanol–water partition coefficient (Wildman–Crippen LogP) is 3.89. The minimum Gasteiger partial charge on any atom is -0.497 e. The Morgan fingerprint density at radius 2 is 1.90 bits per heavy atom. The topological polar surface area (TPSA) is 21.3 Å². The zero-order valence-electron chi connectivity index (χ0n) is 11.9. The van der Waals surface area contributed by atoms with E-state index in [1.807, 2.05) is 31.3 Å². The number of likely N-dealkylation sites (N-methyl/N-ethyl adjacent to an activating group) is 1. The fourth-order valence-electron chi connectivity index (χ4n) is 2.37. The largest absolute Gasteiger partial charge is 0.497 e. The average Bonchev–Trinajstić information content (AvgIpc) is 2.48. The first-order valence-corrected chi connectivity index (χ1v) is 7.13. The highest BCUT2D eigenvalue weighted by Gasteiger charge is 2.12. The van der Waals surface area contributed by atoms with E-state index in [-0.39, 0.29) is 0 Å². The number of ether oxygens (including phenoxy) is 1. The van der Waals surface area contributed by atoms with Crippen LogP contribution in [0.15, 0.2) is 48.5 Å². The zero-order chi connectivity index (χ0) is 14.4. The maximum absolute atomic E-state index is 5.96. The third kappa shape index (κ3) is 3.99. The summed E-state index contributed by atoms with van der Waals surface area (Å²) in [5, 5.41) is 4.04. The molecule has 0 fully saturated rings. The van der Waals surface area contributed by atoms with Crippen molar-refractivity contribution in [3.05, 3.63) is 64.7 Å². The Morgan fingerprint density at radius 3 is 2.55 bits per heavy atom. The molecule has 2 rings (SSSR count). The number of methoxy groups -OCH3 is 1. The van der Waals surface area contributed by atoms with Crippen LogP contribution in [0.25, 0.3) is 0 Å². The van der Waals surface area contributed by atoms with E-state index in [0.717, 1.165) is 23.7 Å². The Kier molecular flexibility index (Phi) is 5.45. The summed E-state index contributed by atoms with van der Waals surface area (Å²) in [6.45, 7) is 0.929. The molecule has 2 aromatic carbocycles. The Morgan fingerprint density at radius 1 is 1.15 bits per heavy atom. The van der Waals surface area contributed by atoms with Gasteiger partial charge < -0.3 is 10.1 Å². The smallest absolute Gasteiger partial charge is 0.119 e. The van der Waals surface area contributed by atoms with Crippen LogP contribution >= 0.6 is 11.6 Å². The summed E-state index contributed by atoms with van der Waals surface area (Å²) >= 11 is 5.96. The predicted molar refractivity (Wildman–Crippen MR) is 84.8 cm³/mol. The molecule has 20 heavy (non-hydrogen) atoms. The standard InChI is InChI=1S/C17H20ClNO/c1-19-12-15(14-6-8-16(18)9-7-14)10-13-4-3-5-17(11-13)20-2/h3-9,11,15,19H,10,12H2,1-2H3. The molecule has 1 atom stereocenters. The molecule has 0 amide bonds. The first-order chi connectivity index (χ1) is 9.72. The van der Waals surface area contributed by atoms with Gasteiger partial charge in [0.2, 0.25) is 0 Å². The summed E-state index contributed by atoms with van der Waals surface area (Å²) in [6, 6.07) is 16.3. The van der Waals surface area contributed by atoms with Crippen molar-refractivity contribution in [2.45, 2.75) is 12.3 Å². The summed E-state index contributed by atoms with van der Waals surface area (Å²) in [4.78, 5) is 0. The molecule has 0 saturated heterocycles. The van der Waals surface area contributed by atoms with Crippen molar-refractivity contribution < 1.29 is 4.74 Å². The molecule has 2 nitrogen and oxygen atoms in total. The van der Waals surface area contributed by atoms with Crippen molar-refractivity contribution in [3.8, 4) is 5.75 Å². The zero-order valence-corrected chi connectivity index (χ0v) is 12.7. The van der Waals surface area contributed by atoms with Gasteiger partial charge in [-0.2, -0.15) is 0 Å². The highest BCUT2D eigenvalue weighted by atomic mass is 35.5. The quantitative estimate of drug-likeness (QED) is 0.871. The number of rotatable bonds is 6.